The maximum atomic E-state index is 11.0. The molecule has 0 aliphatic carbocycles. The molecule has 0 saturated carbocycles. The maximum absolute atomic E-state index is 11.0. The second-order valence-electron chi connectivity index (χ2n) is 4.31. The Kier molecular flexibility index (Phi) is 2.83. The second-order valence-corrected chi connectivity index (χ2v) is 5.34. The quantitative estimate of drug-likeness (QED) is 0.628. The largest absolute Gasteiger partial charge is 0.271 e. The Bertz CT molecular complexity index is 564. The van der Waals surface area contributed by atoms with Crippen LogP contribution in [-0.4, -0.2) is 19.7 Å². The average molecular weight is 264 g/mol. The summed E-state index contributed by atoms with van der Waals surface area (Å²) < 4.78 is 1.69. The monoisotopic (exact) mass is 264 g/mol. The summed E-state index contributed by atoms with van der Waals surface area (Å²) in [6.07, 6.45) is 2.01. The SMILES string of the molecule is O=[N+]([O-])C1CCCn2nc(Cc3cccs3)nc21. The van der Waals surface area contributed by atoms with E-state index >= 15 is 0 Å². The Morgan fingerprint density at radius 1 is 1.61 bits per heavy atom. The molecule has 3 rings (SSSR count). The van der Waals surface area contributed by atoms with Crippen LogP contribution in [0, 0.1) is 10.1 Å². The standard InChI is InChI=1S/C11H12N4O2S/c16-15(17)9-4-1-5-14-11(9)12-10(13-14)7-8-3-2-6-18-8/h2-3,6,9H,1,4-5,7H2. The first-order valence-electron chi connectivity index (χ1n) is 5.83. The third-order valence-electron chi connectivity index (χ3n) is 3.06. The van der Waals surface area contributed by atoms with Gasteiger partial charge in [-0.2, -0.15) is 5.10 Å². The molecule has 1 unspecified atom stereocenters. The Balaban J connectivity index is 1.89. The second kappa shape index (κ2) is 4.49. The summed E-state index contributed by atoms with van der Waals surface area (Å²) in [5, 5.41) is 17.3. The lowest BCUT2D eigenvalue weighted by Crippen LogP contribution is -2.22. The summed E-state index contributed by atoms with van der Waals surface area (Å²) in [6, 6.07) is 3.31. The van der Waals surface area contributed by atoms with Gasteiger partial charge in [-0.1, -0.05) is 6.07 Å². The highest BCUT2D eigenvalue weighted by Gasteiger charge is 2.32. The third kappa shape index (κ3) is 2.01. The van der Waals surface area contributed by atoms with Crippen molar-refractivity contribution in [2.45, 2.75) is 31.8 Å². The zero-order valence-corrected chi connectivity index (χ0v) is 10.5. The van der Waals surface area contributed by atoms with E-state index in [4.69, 9.17) is 0 Å². The molecule has 2 aromatic heterocycles. The number of rotatable bonds is 3. The molecule has 0 bridgehead atoms. The number of hydrogen-bond donors (Lipinski definition) is 0. The van der Waals surface area contributed by atoms with E-state index in [0.717, 1.165) is 13.0 Å². The van der Waals surface area contributed by atoms with Crippen LogP contribution in [0.2, 0.25) is 0 Å². The van der Waals surface area contributed by atoms with Crippen molar-refractivity contribution in [1.82, 2.24) is 14.8 Å². The fourth-order valence-corrected chi connectivity index (χ4v) is 2.92. The van der Waals surface area contributed by atoms with Crippen molar-refractivity contribution in [3.63, 3.8) is 0 Å². The highest BCUT2D eigenvalue weighted by Crippen LogP contribution is 2.26. The van der Waals surface area contributed by atoms with Crippen LogP contribution in [0.5, 0.6) is 0 Å². The molecule has 94 valence electrons. The predicted octanol–water partition coefficient (Wildman–Crippen LogP) is 2.04. The summed E-state index contributed by atoms with van der Waals surface area (Å²) in [5.74, 6) is 1.19. The first-order valence-corrected chi connectivity index (χ1v) is 6.71. The minimum Gasteiger partial charge on any atom is -0.264 e. The molecule has 0 radical (unpaired) electrons. The molecule has 1 aliphatic rings. The van der Waals surface area contributed by atoms with Crippen molar-refractivity contribution in [1.29, 1.82) is 0 Å². The van der Waals surface area contributed by atoms with Crippen LogP contribution >= 0.6 is 11.3 Å². The number of thiophene rings is 1. The van der Waals surface area contributed by atoms with Crippen LogP contribution < -0.4 is 0 Å². The molecule has 0 N–H and O–H groups in total. The maximum Gasteiger partial charge on any atom is 0.271 e. The van der Waals surface area contributed by atoms with E-state index in [1.54, 1.807) is 16.0 Å². The normalized spacial score (nSPS) is 18.6. The van der Waals surface area contributed by atoms with E-state index in [1.165, 1.54) is 4.88 Å². The molecule has 7 heteroatoms. The first-order chi connectivity index (χ1) is 8.74. The topological polar surface area (TPSA) is 73.8 Å². The van der Waals surface area contributed by atoms with Crippen LogP contribution in [0.25, 0.3) is 0 Å². The van der Waals surface area contributed by atoms with Crippen LogP contribution in [-0.2, 0) is 13.0 Å². The number of hydrogen-bond acceptors (Lipinski definition) is 5. The van der Waals surface area contributed by atoms with E-state index in [2.05, 4.69) is 10.1 Å². The molecule has 0 saturated heterocycles. The summed E-state index contributed by atoms with van der Waals surface area (Å²) >= 11 is 1.65. The molecule has 0 fully saturated rings. The van der Waals surface area contributed by atoms with Gasteiger partial charge >= 0.3 is 0 Å². The van der Waals surface area contributed by atoms with Crippen molar-refractivity contribution in [2.24, 2.45) is 0 Å². The first kappa shape index (κ1) is 11.3. The van der Waals surface area contributed by atoms with Crippen molar-refractivity contribution in [3.05, 3.63) is 44.2 Å². The lowest BCUT2D eigenvalue weighted by Gasteiger charge is -2.15. The van der Waals surface area contributed by atoms with E-state index in [1.807, 2.05) is 17.5 Å². The number of aryl methyl sites for hydroxylation is 1. The van der Waals surface area contributed by atoms with Gasteiger partial charge in [0.25, 0.3) is 6.04 Å². The van der Waals surface area contributed by atoms with Gasteiger partial charge in [0, 0.05) is 29.2 Å². The fraction of sp³-hybridized carbons (Fsp3) is 0.455. The van der Waals surface area contributed by atoms with Crippen molar-refractivity contribution < 1.29 is 4.92 Å². The van der Waals surface area contributed by atoms with Crippen LogP contribution in [0.1, 0.15) is 35.4 Å². The highest BCUT2D eigenvalue weighted by atomic mass is 32.1. The van der Waals surface area contributed by atoms with Gasteiger partial charge in [-0.25, -0.2) is 9.67 Å². The Labute approximate surface area is 107 Å². The predicted molar refractivity (Wildman–Crippen MR) is 66.1 cm³/mol. The lowest BCUT2D eigenvalue weighted by atomic mass is 10.1. The molecular weight excluding hydrogens is 252 g/mol. The number of nitro groups is 1. The highest BCUT2D eigenvalue weighted by molar-refractivity contribution is 7.09. The third-order valence-corrected chi connectivity index (χ3v) is 3.93. The zero-order chi connectivity index (χ0) is 12.5. The summed E-state index contributed by atoms with van der Waals surface area (Å²) in [5.41, 5.74) is 0. The molecule has 2 aromatic rings. The van der Waals surface area contributed by atoms with Gasteiger partial charge in [0.2, 0.25) is 5.82 Å². The molecule has 0 amide bonds. The number of aromatic nitrogens is 3. The van der Waals surface area contributed by atoms with Crippen LogP contribution in [0.15, 0.2) is 17.5 Å². The molecule has 1 atom stereocenters. The number of nitrogens with zero attached hydrogens (tertiary/aromatic N) is 4. The molecule has 6 nitrogen and oxygen atoms in total. The smallest absolute Gasteiger partial charge is 0.264 e. The Hall–Kier alpha value is -1.76. The van der Waals surface area contributed by atoms with E-state index in [9.17, 15) is 10.1 Å². The number of fused-ring (bicyclic) bond motifs is 1. The minimum absolute atomic E-state index is 0.255. The van der Waals surface area contributed by atoms with Gasteiger partial charge in [0.1, 0.15) is 0 Å². The fourth-order valence-electron chi connectivity index (χ4n) is 2.22. The molecule has 0 aromatic carbocycles. The van der Waals surface area contributed by atoms with Gasteiger partial charge < -0.3 is 0 Å². The average Bonchev–Trinajstić information content (AvgIpc) is 2.96. The van der Waals surface area contributed by atoms with Crippen LogP contribution in [0.4, 0.5) is 0 Å². The van der Waals surface area contributed by atoms with E-state index in [0.29, 0.717) is 24.5 Å². The molecule has 18 heavy (non-hydrogen) atoms. The van der Waals surface area contributed by atoms with Crippen LogP contribution in [0.3, 0.4) is 0 Å². The van der Waals surface area contributed by atoms with Gasteiger partial charge in [0.05, 0.1) is 0 Å². The summed E-state index contributed by atoms with van der Waals surface area (Å²) in [4.78, 5) is 16.2. The molecule has 1 aliphatic heterocycles. The molecule has 3 heterocycles. The summed E-state index contributed by atoms with van der Waals surface area (Å²) in [6.45, 7) is 0.733. The van der Waals surface area contributed by atoms with Gasteiger partial charge in [-0.05, 0) is 17.9 Å². The van der Waals surface area contributed by atoms with E-state index < -0.39 is 6.04 Å². The molecule has 0 spiro atoms. The zero-order valence-electron chi connectivity index (χ0n) is 9.65. The van der Waals surface area contributed by atoms with E-state index in [-0.39, 0.29) is 4.92 Å². The van der Waals surface area contributed by atoms with Crippen molar-refractivity contribution in [3.8, 4) is 0 Å². The Morgan fingerprint density at radius 3 is 3.22 bits per heavy atom. The van der Waals surface area contributed by atoms with Crippen molar-refractivity contribution in [2.75, 3.05) is 0 Å². The van der Waals surface area contributed by atoms with Gasteiger partial charge in [0.15, 0.2) is 5.82 Å². The Morgan fingerprint density at radius 2 is 2.50 bits per heavy atom. The minimum atomic E-state index is -0.691. The summed E-state index contributed by atoms with van der Waals surface area (Å²) in [7, 11) is 0. The van der Waals surface area contributed by atoms with Gasteiger partial charge in [-0.3, -0.25) is 10.1 Å². The lowest BCUT2D eigenvalue weighted by molar-refractivity contribution is -0.533. The molecular formula is C11H12N4O2S. The van der Waals surface area contributed by atoms with Crippen molar-refractivity contribution >= 4 is 11.3 Å². The van der Waals surface area contributed by atoms with Gasteiger partial charge in [-0.15, -0.1) is 11.3 Å².